The molecule has 1 fully saturated rings. The van der Waals surface area contributed by atoms with E-state index in [1.807, 2.05) is 24.3 Å². The maximum absolute atomic E-state index is 12.5. The average molecular weight is 491 g/mol. The SMILES string of the molecule is CN(C)C(=O)CN1Cc2ccc(N3CCCC3=O)cc2C1=O.Oc1ccc(OC2=NCCC=C2)cc1. The Morgan fingerprint density at radius 1 is 1.14 bits per heavy atom. The van der Waals surface area contributed by atoms with Gasteiger partial charge in [-0.1, -0.05) is 12.1 Å². The highest BCUT2D eigenvalue weighted by Crippen LogP contribution is 2.29. The molecule has 9 nitrogen and oxygen atoms in total. The summed E-state index contributed by atoms with van der Waals surface area (Å²) in [5.74, 6) is 1.41. The van der Waals surface area contributed by atoms with Crippen LogP contribution in [-0.2, 0) is 16.1 Å². The van der Waals surface area contributed by atoms with Gasteiger partial charge in [0.25, 0.3) is 5.91 Å². The van der Waals surface area contributed by atoms with Gasteiger partial charge in [0.05, 0.1) is 0 Å². The van der Waals surface area contributed by atoms with Crippen LogP contribution in [0, 0.1) is 0 Å². The van der Waals surface area contributed by atoms with E-state index in [1.54, 1.807) is 54.2 Å². The van der Waals surface area contributed by atoms with Gasteiger partial charge in [-0.2, -0.15) is 0 Å². The lowest BCUT2D eigenvalue weighted by molar-refractivity contribution is -0.129. The van der Waals surface area contributed by atoms with E-state index >= 15 is 0 Å². The maximum Gasteiger partial charge on any atom is 0.255 e. The minimum absolute atomic E-state index is 0.0818. The van der Waals surface area contributed by atoms with E-state index in [0.29, 0.717) is 36.7 Å². The number of fused-ring (bicyclic) bond motifs is 1. The molecule has 1 saturated heterocycles. The maximum atomic E-state index is 12.5. The molecule has 2 aromatic carbocycles. The molecular formula is C27H30N4O5. The Morgan fingerprint density at radius 3 is 2.56 bits per heavy atom. The van der Waals surface area contributed by atoms with E-state index in [1.165, 1.54) is 4.90 Å². The van der Waals surface area contributed by atoms with Gasteiger partial charge >= 0.3 is 0 Å². The number of dihydropyridines is 1. The number of phenols is 1. The van der Waals surface area contributed by atoms with Crippen molar-refractivity contribution in [1.82, 2.24) is 9.80 Å². The predicted octanol–water partition coefficient (Wildman–Crippen LogP) is 2.99. The van der Waals surface area contributed by atoms with Gasteiger partial charge in [-0.3, -0.25) is 19.4 Å². The number of phenolic OH excluding ortho intramolecular Hbond substituents is 1. The third kappa shape index (κ3) is 5.91. The number of aromatic hydroxyl groups is 1. The lowest BCUT2D eigenvalue weighted by atomic mass is 10.1. The molecule has 5 rings (SSSR count). The van der Waals surface area contributed by atoms with Gasteiger partial charge < -0.3 is 24.5 Å². The van der Waals surface area contributed by atoms with Crippen molar-refractivity contribution in [1.29, 1.82) is 0 Å². The second-order valence-corrected chi connectivity index (χ2v) is 8.95. The number of rotatable bonds is 4. The van der Waals surface area contributed by atoms with Gasteiger partial charge in [0.1, 0.15) is 18.0 Å². The highest BCUT2D eigenvalue weighted by atomic mass is 16.5. The van der Waals surface area contributed by atoms with Crippen LogP contribution >= 0.6 is 0 Å². The summed E-state index contributed by atoms with van der Waals surface area (Å²) in [7, 11) is 3.35. The van der Waals surface area contributed by atoms with Gasteiger partial charge in [-0.05, 0) is 60.9 Å². The van der Waals surface area contributed by atoms with E-state index < -0.39 is 0 Å². The third-order valence-corrected chi connectivity index (χ3v) is 6.07. The predicted molar refractivity (Wildman–Crippen MR) is 136 cm³/mol. The quantitative estimate of drug-likeness (QED) is 0.710. The molecule has 3 heterocycles. The number of carbonyl (C=O) groups excluding carboxylic acids is 3. The topological polar surface area (TPSA) is 103 Å². The van der Waals surface area contributed by atoms with Gasteiger partial charge in [-0.25, -0.2) is 0 Å². The number of benzene rings is 2. The fourth-order valence-corrected chi connectivity index (χ4v) is 4.06. The van der Waals surface area contributed by atoms with Gasteiger partial charge in [0, 0.05) is 51.4 Å². The lowest BCUT2D eigenvalue weighted by Gasteiger charge is -2.18. The molecule has 188 valence electrons. The summed E-state index contributed by atoms with van der Waals surface area (Å²) >= 11 is 0. The number of amides is 3. The first-order valence-corrected chi connectivity index (χ1v) is 11.9. The Labute approximate surface area is 210 Å². The molecule has 0 bridgehead atoms. The van der Waals surface area contributed by atoms with E-state index in [-0.39, 0.29) is 30.0 Å². The van der Waals surface area contributed by atoms with Crippen molar-refractivity contribution >= 4 is 29.3 Å². The first-order chi connectivity index (χ1) is 17.3. The zero-order chi connectivity index (χ0) is 25.7. The van der Waals surface area contributed by atoms with Crippen molar-refractivity contribution in [2.75, 3.05) is 38.6 Å². The first-order valence-electron chi connectivity index (χ1n) is 11.9. The summed E-state index contributed by atoms with van der Waals surface area (Å²) in [5.41, 5.74) is 2.28. The summed E-state index contributed by atoms with van der Waals surface area (Å²) < 4.78 is 5.46. The fourth-order valence-electron chi connectivity index (χ4n) is 4.06. The van der Waals surface area contributed by atoms with Gasteiger partial charge in [0.2, 0.25) is 17.7 Å². The fraction of sp³-hybridized carbons (Fsp3) is 0.333. The van der Waals surface area contributed by atoms with Crippen LogP contribution in [-0.4, -0.2) is 72.3 Å². The summed E-state index contributed by atoms with van der Waals surface area (Å²) in [6, 6.07) is 12.1. The monoisotopic (exact) mass is 490 g/mol. The molecule has 0 spiro atoms. The Kier molecular flexibility index (Phi) is 7.68. The van der Waals surface area contributed by atoms with E-state index in [9.17, 15) is 14.4 Å². The summed E-state index contributed by atoms with van der Waals surface area (Å²) in [5, 5.41) is 9.06. The highest BCUT2D eigenvalue weighted by molar-refractivity contribution is 6.02. The largest absolute Gasteiger partial charge is 0.508 e. The number of hydrogen-bond donors (Lipinski definition) is 1. The zero-order valence-corrected chi connectivity index (χ0v) is 20.5. The number of nitrogens with zero attached hydrogens (tertiary/aromatic N) is 4. The molecule has 9 heteroatoms. The number of hydrogen-bond acceptors (Lipinski definition) is 6. The van der Waals surface area contributed by atoms with Crippen molar-refractivity contribution in [2.24, 2.45) is 4.99 Å². The molecule has 0 atom stereocenters. The average Bonchev–Trinajstić information content (AvgIpc) is 3.44. The van der Waals surface area contributed by atoms with Crippen LogP contribution in [0.25, 0.3) is 0 Å². The molecule has 36 heavy (non-hydrogen) atoms. The number of anilines is 1. The molecule has 3 amide bonds. The molecule has 3 aliphatic rings. The van der Waals surface area contributed by atoms with E-state index in [2.05, 4.69) is 4.99 Å². The van der Waals surface area contributed by atoms with Crippen molar-refractivity contribution < 1.29 is 24.2 Å². The highest BCUT2D eigenvalue weighted by Gasteiger charge is 2.31. The second-order valence-electron chi connectivity index (χ2n) is 8.95. The minimum atomic E-state index is -0.140. The smallest absolute Gasteiger partial charge is 0.255 e. The van der Waals surface area contributed by atoms with Crippen LogP contribution in [0.4, 0.5) is 5.69 Å². The lowest BCUT2D eigenvalue weighted by Crippen LogP contribution is -2.36. The van der Waals surface area contributed by atoms with Crippen LogP contribution in [0.1, 0.15) is 35.2 Å². The van der Waals surface area contributed by atoms with Crippen molar-refractivity contribution in [2.45, 2.75) is 25.8 Å². The molecule has 1 N–H and O–H groups in total. The molecule has 0 aliphatic carbocycles. The molecule has 0 saturated carbocycles. The Bertz CT molecular complexity index is 1200. The summed E-state index contributed by atoms with van der Waals surface area (Å²) in [6.07, 6.45) is 6.28. The van der Waals surface area contributed by atoms with Crippen molar-refractivity contribution in [3.8, 4) is 11.5 Å². The molecule has 0 radical (unpaired) electrons. The number of likely N-dealkylation sites (N-methyl/N-ethyl adjacent to an activating group) is 1. The summed E-state index contributed by atoms with van der Waals surface area (Å²) in [6.45, 7) is 2.01. The van der Waals surface area contributed by atoms with E-state index in [0.717, 1.165) is 30.6 Å². The third-order valence-electron chi connectivity index (χ3n) is 6.07. The number of carbonyl (C=O) groups is 3. The summed E-state index contributed by atoms with van der Waals surface area (Å²) in [4.78, 5) is 45.0. The Balaban J connectivity index is 0.000000187. The van der Waals surface area contributed by atoms with E-state index in [4.69, 9.17) is 9.84 Å². The number of ether oxygens (including phenoxy) is 1. The van der Waals surface area contributed by atoms with Crippen LogP contribution in [0.5, 0.6) is 11.5 Å². The zero-order valence-electron chi connectivity index (χ0n) is 20.5. The van der Waals surface area contributed by atoms with Crippen LogP contribution in [0.15, 0.2) is 59.6 Å². The minimum Gasteiger partial charge on any atom is -0.508 e. The normalized spacial score (nSPS) is 16.3. The number of aliphatic imine (C=N–C) groups is 1. The molecule has 2 aromatic rings. The second kappa shape index (κ2) is 11.1. The van der Waals surface area contributed by atoms with Gasteiger partial charge in [0.15, 0.2) is 0 Å². The van der Waals surface area contributed by atoms with Crippen LogP contribution in [0.3, 0.4) is 0 Å². The Hall–Kier alpha value is -4.14. The van der Waals surface area contributed by atoms with Crippen LogP contribution < -0.4 is 9.64 Å². The van der Waals surface area contributed by atoms with Crippen molar-refractivity contribution in [3.63, 3.8) is 0 Å². The van der Waals surface area contributed by atoms with Crippen molar-refractivity contribution in [3.05, 3.63) is 65.7 Å². The standard InChI is InChI=1S/C16H19N3O3.C11H11NO2/c1-17(2)15(21)10-18-9-11-5-6-12(8-13(11)16(18)22)19-7-3-4-14(19)20;13-9-4-6-10(7-5-9)14-11-3-1-2-8-12-11/h5-6,8H,3-4,7,9-10H2,1-2H3;1,3-7,13H,2,8H2. The molecule has 0 aromatic heterocycles. The van der Waals surface area contributed by atoms with Gasteiger partial charge in [-0.15, -0.1) is 0 Å². The molecular weight excluding hydrogens is 460 g/mol. The first kappa shape index (κ1) is 25.0. The van der Waals surface area contributed by atoms with Crippen LogP contribution in [0.2, 0.25) is 0 Å². The molecule has 3 aliphatic heterocycles. The Morgan fingerprint density at radius 2 is 1.92 bits per heavy atom. The molecule has 0 unspecified atom stereocenters.